The Morgan fingerprint density at radius 1 is 1.25 bits per heavy atom. The van der Waals surface area contributed by atoms with Crippen molar-refractivity contribution >= 4 is 28.7 Å². The number of benzene rings is 1. The van der Waals surface area contributed by atoms with Crippen LogP contribution in [0.4, 0.5) is 4.79 Å². The lowest BCUT2D eigenvalue weighted by Gasteiger charge is -2.32. The number of hydrogen-bond donors (Lipinski definition) is 1. The van der Waals surface area contributed by atoms with Crippen LogP contribution in [0.3, 0.4) is 0 Å². The maximum Gasteiger partial charge on any atom is 0.410 e. The fraction of sp³-hybridized carbons (Fsp3) is 0.481. The molecule has 192 valence electrons. The highest BCUT2D eigenvalue weighted by Crippen LogP contribution is 2.30. The van der Waals surface area contributed by atoms with Gasteiger partial charge in [0.05, 0.1) is 12.6 Å². The zero-order chi connectivity index (χ0) is 26.6. The molecule has 1 aromatic carbocycles. The van der Waals surface area contributed by atoms with Gasteiger partial charge in [0.1, 0.15) is 34.2 Å². The molecule has 0 radical (unpaired) electrons. The molecule has 0 saturated carbocycles. The van der Waals surface area contributed by atoms with Crippen molar-refractivity contribution in [2.45, 2.75) is 66.0 Å². The Hall–Kier alpha value is -3.80. The summed E-state index contributed by atoms with van der Waals surface area (Å²) in [7, 11) is 0. The number of fused-ring (bicyclic) bond motifs is 1. The Morgan fingerprint density at radius 2 is 1.92 bits per heavy atom. The molecule has 0 atom stereocenters. The molecular formula is C27H34N4O5. The van der Waals surface area contributed by atoms with E-state index in [1.165, 1.54) is 0 Å². The first-order valence-electron chi connectivity index (χ1n) is 12.1. The van der Waals surface area contributed by atoms with Crippen LogP contribution in [0.2, 0.25) is 0 Å². The molecule has 0 aliphatic carbocycles. The molecule has 1 fully saturated rings. The van der Waals surface area contributed by atoms with E-state index in [1.807, 2.05) is 58.9 Å². The zero-order valence-electron chi connectivity index (χ0n) is 21.8. The van der Waals surface area contributed by atoms with Crippen molar-refractivity contribution in [3.8, 4) is 6.07 Å². The van der Waals surface area contributed by atoms with E-state index in [0.717, 1.165) is 16.5 Å². The maximum atomic E-state index is 12.5. The number of furan rings is 1. The monoisotopic (exact) mass is 494 g/mol. The van der Waals surface area contributed by atoms with Crippen LogP contribution in [-0.2, 0) is 14.3 Å². The van der Waals surface area contributed by atoms with Crippen molar-refractivity contribution in [1.29, 1.82) is 5.26 Å². The van der Waals surface area contributed by atoms with Gasteiger partial charge >= 0.3 is 12.1 Å². The number of esters is 1. The maximum absolute atomic E-state index is 12.5. The third-order valence-electron chi connectivity index (χ3n) is 5.85. The summed E-state index contributed by atoms with van der Waals surface area (Å²) >= 11 is 0. The van der Waals surface area contributed by atoms with Gasteiger partial charge in [-0.3, -0.25) is 4.99 Å². The van der Waals surface area contributed by atoms with Gasteiger partial charge in [0.25, 0.3) is 0 Å². The number of hydrogen-bond acceptors (Lipinski definition) is 8. The Balaban J connectivity index is 2.02. The van der Waals surface area contributed by atoms with Crippen LogP contribution < -0.4 is 5.73 Å². The molecule has 36 heavy (non-hydrogen) atoms. The standard InChI is InChI=1S/C27H34N4O5/c1-7-34-25(32)22(29)20(15-28)23(24-17(3)19-14-16(2)8-9-21(19)35-24)30-18-10-12-31(13-11-18)26(33)36-27(4,5)6/h8-9,14,18H,7,10-13,29H2,1-6H3. The fourth-order valence-corrected chi connectivity index (χ4v) is 4.04. The minimum absolute atomic E-state index is 0.0955. The number of nitriles is 1. The molecule has 3 rings (SSSR count). The second-order valence-corrected chi connectivity index (χ2v) is 9.85. The predicted octanol–water partition coefficient (Wildman–Crippen LogP) is 4.54. The van der Waals surface area contributed by atoms with Crippen molar-refractivity contribution in [3.05, 3.63) is 46.4 Å². The summed E-state index contributed by atoms with van der Waals surface area (Å²) in [6, 6.07) is 7.63. The van der Waals surface area contributed by atoms with Gasteiger partial charge in [0, 0.05) is 24.0 Å². The van der Waals surface area contributed by atoms with Crippen LogP contribution >= 0.6 is 0 Å². The number of carbonyl (C=O) groups is 2. The molecule has 1 saturated heterocycles. The summed E-state index contributed by atoms with van der Waals surface area (Å²) in [6.45, 7) is 12.0. The first kappa shape index (κ1) is 26.8. The third-order valence-corrected chi connectivity index (χ3v) is 5.85. The number of likely N-dealkylation sites (tertiary alicyclic amines) is 1. The lowest BCUT2D eigenvalue weighted by molar-refractivity contribution is -0.138. The summed E-state index contributed by atoms with van der Waals surface area (Å²) in [5.74, 6) is -0.403. The molecule has 9 heteroatoms. The lowest BCUT2D eigenvalue weighted by atomic mass is 10.00. The number of rotatable bonds is 5. The molecular weight excluding hydrogens is 460 g/mol. The Morgan fingerprint density at radius 3 is 2.50 bits per heavy atom. The first-order chi connectivity index (χ1) is 16.9. The van der Waals surface area contributed by atoms with Gasteiger partial charge in [0.2, 0.25) is 0 Å². The summed E-state index contributed by atoms with van der Waals surface area (Å²) in [4.78, 5) is 31.4. The van der Waals surface area contributed by atoms with Crippen LogP contribution in [0.15, 0.2) is 38.9 Å². The molecule has 1 aromatic heterocycles. The van der Waals surface area contributed by atoms with Crippen LogP contribution in [0.1, 0.15) is 57.4 Å². The Kier molecular flexibility index (Phi) is 8.08. The quantitative estimate of drug-likeness (QED) is 0.279. The van der Waals surface area contributed by atoms with Gasteiger partial charge in [0.15, 0.2) is 5.76 Å². The van der Waals surface area contributed by atoms with Gasteiger partial charge in [-0.1, -0.05) is 11.6 Å². The predicted molar refractivity (Wildman–Crippen MR) is 137 cm³/mol. The average Bonchev–Trinajstić information content (AvgIpc) is 3.13. The van der Waals surface area contributed by atoms with E-state index in [4.69, 9.17) is 24.6 Å². The first-order valence-corrected chi connectivity index (χ1v) is 12.1. The number of ether oxygens (including phenoxy) is 2. The minimum Gasteiger partial charge on any atom is -0.461 e. The van der Waals surface area contributed by atoms with Crippen LogP contribution in [0, 0.1) is 25.2 Å². The molecule has 2 heterocycles. The second kappa shape index (κ2) is 10.9. The van der Waals surface area contributed by atoms with Gasteiger partial charge in [-0.15, -0.1) is 0 Å². The molecule has 0 unspecified atom stereocenters. The number of allylic oxidation sites excluding steroid dienone is 1. The number of aryl methyl sites for hydroxylation is 2. The molecule has 0 bridgehead atoms. The summed E-state index contributed by atoms with van der Waals surface area (Å²) in [5.41, 5.74) is 7.81. The van der Waals surface area contributed by atoms with E-state index in [0.29, 0.717) is 37.3 Å². The van der Waals surface area contributed by atoms with E-state index in [2.05, 4.69) is 0 Å². The third kappa shape index (κ3) is 6.06. The van der Waals surface area contributed by atoms with E-state index in [1.54, 1.807) is 11.8 Å². The highest BCUT2D eigenvalue weighted by molar-refractivity contribution is 6.19. The van der Waals surface area contributed by atoms with E-state index >= 15 is 0 Å². The minimum atomic E-state index is -0.786. The molecule has 2 aromatic rings. The van der Waals surface area contributed by atoms with Crippen molar-refractivity contribution < 1.29 is 23.5 Å². The van der Waals surface area contributed by atoms with E-state index < -0.39 is 11.6 Å². The molecule has 1 aliphatic heterocycles. The Labute approximate surface area is 211 Å². The van der Waals surface area contributed by atoms with Crippen molar-refractivity contribution in [3.63, 3.8) is 0 Å². The van der Waals surface area contributed by atoms with Crippen LogP contribution in [0.25, 0.3) is 11.0 Å². The normalized spacial score (nSPS) is 15.9. The average molecular weight is 495 g/mol. The van der Waals surface area contributed by atoms with Crippen molar-refractivity contribution in [2.75, 3.05) is 19.7 Å². The van der Waals surface area contributed by atoms with Gasteiger partial charge < -0.3 is 24.5 Å². The molecule has 9 nitrogen and oxygen atoms in total. The number of carbonyl (C=O) groups excluding carboxylic acids is 2. The number of nitrogens with two attached hydrogens (primary N) is 1. The van der Waals surface area contributed by atoms with E-state index in [-0.39, 0.29) is 35.7 Å². The molecule has 2 N–H and O–H groups in total. The van der Waals surface area contributed by atoms with Crippen molar-refractivity contribution in [2.24, 2.45) is 10.7 Å². The van der Waals surface area contributed by atoms with Crippen LogP contribution in [-0.4, -0.2) is 54.0 Å². The molecule has 0 spiro atoms. The topological polar surface area (TPSA) is 131 Å². The number of piperidine rings is 1. The van der Waals surface area contributed by atoms with Gasteiger partial charge in [-0.25, -0.2) is 9.59 Å². The number of nitrogens with zero attached hydrogens (tertiary/aromatic N) is 3. The highest BCUT2D eigenvalue weighted by Gasteiger charge is 2.30. The SMILES string of the molecule is CCOC(=O)C(N)=C(C#N)C(=NC1CCN(C(=O)OC(C)(C)C)CC1)c1oc2ccc(C)cc2c1C. The number of amides is 1. The second-order valence-electron chi connectivity index (χ2n) is 9.85. The zero-order valence-corrected chi connectivity index (χ0v) is 21.8. The molecule has 1 aliphatic rings. The van der Waals surface area contributed by atoms with E-state index in [9.17, 15) is 14.9 Å². The highest BCUT2D eigenvalue weighted by atomic mass is 16.6. The largest absolute Gasteiger partial charge is 0.461 e. The van der Waals surface area contributed by atoms with Crippen molar-refractivity contribution in [1.82, 2.24) is 4.90 Å². The Bertz CT molecular complexity index is 1250. The number of aliphatic imine (C=N–C) groups is 1. The fourth-order valence-electron chi connectivity index (χ4n) is 4.04. The lowest BCUT2D eigenvalue weighted by Crippen LogP contribution is -2.42. The summed E-state index contributed by atoms with van der Waals surface area (Å²) in [6.07, 6.45) is 0.746. The van der Waals surface area contributed by atoms with Gasteiger partial charge in [-0.05, 0) is 66.5 Å². The van der Waals surface area contributed by atoms with Gasteiger partial charge in [-0.2, -0.15) is 5.26 Å². The molecule has 1 amide bonds. The summed E-state index contributed by atoms with van der Waals surface area (Å²) < 4.78 is 16.6. The van der Waals surface area contributed by atoms with Crippen LogP contribution in [0.5, 0.6) is 0 Å². The smallest absolute Gasteiger partial charge is 0.410 e. The summed E-state index contributed by atoms with van der Waals surface area (Å²) in [5, 5.41) is 10.9.